The van der Waals surface area contributed by atoms with Gasteiger partial charge in [0.15, 0.2) is 37.9 Å². The van der Waals surface area contributed by atoms with Gasteiger partial charge in [0.05, 0.1) is 74.6 Å². The summed E-state index contributed by atoms with van der Waals surface area (Å²) in [6.07, 6.45) is 14.1. The van der Waals surface area contributed by atoms with Crippen LogP contribution in [-0.2, 0) is 91.8 Å². The molecule has 0 amide bonds. The van der Waals surface area contributed by atoms with Gasteiger partial charge in [-0.15, -0.1) is 10.2 Å². The smallest absolute Gasteiger partial charge is 0.169 e. The van der Waals surface area contributed by atoms with Crippen molar-refractivity contribution in [3.63, 3.8) is 0 Å². The van der Waals surface area contributed by atoms with E-state index in [-0.39, 0.29) is 32.5 Å². The van der Waals surface area contributed by atoms with Crippen molar-refractivity contribution in [1.29, 1.82) is 0 Å². The van der Waals surface area contributed by atoms with E-state index in [4.69, 9.17) is 18.9 Å². The fourth-order valence-corrected chi connectivity index (χ4v) is 15.1. The van der Waals surface area contributed by atoms with Gasteiger partial charge in [-0.3, -0.25) is 0 Å². The molecule has 0 N–H and O–H groups in total. The minimum Gasteiger partial charge on any atom is -0.491 e. The van der Waals surface area contributed by atoms with E-state index in [9.17, 15) is 0 Å². The second-order valence-electron chi connectivity index (χ2n) is 36.5. The zero-order valence-electron chi connectivity index (χ0n) is 69.9. The summed E-state index contributed by atoms with van der Waals surface area (Å²) >= 11 is 0. The van der Waals surface area contributed by atoms with Gasteiger partial charge in [-0.2, -0.15) is 0 Å². The van der Waals surface area contributed by atoms with Crippen LogP contribution in [-0.4, -0.2) is 69.6 Å². The molecular formula is C100H120N8O4+2. The first-order valence-electron chi connectivity index (χ1n) is 40.3. The van der Waals surface area contributed by atoms with Crippen LogP contribution in [0.4, 0.5) is 0 Å². The highest BCUT2D eigenvalue weighted by atomic mass is 16.5. The molecule has 0 radical (unpaired) electrons. The predicted molar refractivity (Wildman–Crippen MR) is 454 cm³/mol. The normalized spacial score (nSPS) is 12.7. The number of hydrogen-bond donors (Lipinski definition) is 0. The van der Waals surface area contributed by atoms with Gasteiger partial charge in [0.2, 0.25) is 0 Å². The molecule has 0 unspecified atom stereocenters. The molecule has 0 spiro atoms. The molecule has 0 aliphatic carbocycles. The molecule has 582 valence electrons. The molecule has 12 aromatic rings. The lowest BCUT2D eigenvalue weighted by Gasteiger charge is -2.38. The molecule has 0 saturated carbocycles. The van der Waals surface area contributed by atoms with Gasteiger partial charge in [0, 0.05) is 36.7 Å². The Balaban J connectivity index is 0.573. The minimum absolute atomic E-state index is 0.0261. The molecule has 12 heteroatoms. The summed E-state index contributed by atoms with van der Waals surface area (Å²) in [5.41, 5.74) is 20.7. The zero-order chi connectivity index (χ0) is 79.7. The molecule has 0 bridgehead atoms. The molecule has 4 heterocycles. The van der Waals surface area contributed by atoms with E-state index >= 15 is 0 Å². The summed E-state index contributed by atoms with van der Waals surface area (Å²) in [5, 5.41) is 17.8. The average molecular weight is 1500 g/mol. The van der Waals surface area contributed by atoms with E-state index in [1.165, 1.54) is 77.9 Å². The Hall–Kier alpha value is -10.1. The van der Waals surface area contributed by atoms with Gasteiger partial charge in [0.25, 0.3) is 0 Å². The number of hydrogen-bond acceptors (Lipinski definition) is 8. The molecule has 12 nitrogen and oxygen atoms in total. The van der Waals surface area contributed by atoms with Crippen molar-refractivity contribution >= 4 is 0 Å². The highest BCUT2D eigenvalue weighted by Gasteiger charge is 2.41. The van der Waals surface area contributed by atoms with Crippen molar-refractivity contribution in [2.45, 2.75) is 207 Å². The van der Waals surface area contributed by atoms with Gasteiger partial charge >= 0.3 is 0 Å². The largest absolute Gasteiger partial charge is 0.491 e. The quantitative estimate of drug-likeness (QED) is 0.0259. The maximum absolute atomic E-state index is 6.33. The molecule has 0 fully saturated rings. The van der Waals surface area contributed by atoms with E-state index in [1.54, 1.807) is 0 Å². The maximum atomic E-state index is 6.33. The van der Waals surface area contributed by atoms with E-state index in [0.717, 1.165) is 59.9 Å². The molecule has 12 rings (SSSR count). The first kappa shape index (κ1) is 81.4. The number of benzene rings is 8. The third-order valence-electron chi connectivity index (χ3n) is 22.1. The topological polar surface area (TPSA) is 106 Å². The first-order valence-corrected chi connectivity index (χ1v) is 40.3. The van der Waals surface area contributed by atoms with E-state index in [1.807, 2.05) is 21.8 Å². The lowest BCUT2D eigenvalue weighted by Crippen LogP contribution is -2.34. The lowest BCUT2D eigenvalue weighted by atomic mass is 9.64. The molecular weight excluding hydrogens is 1380 g/mol. The van der Waals surface area contributed by atoms with Crippen molar-refractivity contribution in [3.8, 4) is 22.6 Å². The van der Waals surface area contributed by atoms with Gasteiger partial charge < -0.3 is 18.9 Å². The Morgan fingerprint density at radius 2 is 0.473 bits per heavy atom. The fourth-order valence-electron chi connectivity index (χ4n) is 15.1. The number of rotatable bonds is 29. The standard InChI is InChI=1S/C100H120N8O4/c1-93(2,3)75-19-31-81(32-20-75)99(82-33-21-76(22-34-82)94(4,5)6,83-35-23-77(24-36-83)95(7,8)9)87-43-47-91(48-44-87)111-69-67-109-65-63-107-71-89(101-103-107)55-61-105-57-51-73(52-58-105)74-53-59-106(60-54-74)62-56-90-72-108(104-102-90)64-66-110-68-70-112-92-49-45-88(46-50-92)100(84-37-25-78(26-38-84)96(10,11)12,85-39-27-79(28-40-85)97(13,14)15)86-41-29-80(30-42-86)98(16,17)18/h19-54,57-60,71-72H,55-56,61-70H2,1-18H3/q+2. The number of ether oxygens (including phenoxy) is 4. The summed E-state index contributed by atoms with van der Waals surface area (Å²) in [7, 11) is 0. The predicted octanol–water partition coefficient (Wildman–Crippen LogP) is 20.3. The van der Waals surface area contributed by atoms with Crippen LogP contribution in [0.1, 0.15) is 214 Å². The monoisotopic (exact) mass is 1500 g/mol. The third kappa shape index (κ3) is 19.5. The summed E-state index contributed by atoms with van der Waals surface area (Å²) < 4.78 is 32.9. The molecule has 0 saturated heterocycles. The Kier molecular flexibility index (Phi) is 24.7. The van der Waals surface area contributed by atoms with E-state index < -0.39 is 10.8 Å². The van der Waals surface area contributed by atoms with Crippen molar-refractivity contribution in [2.24, 2.45) is 0 Å². The molecule has 112 heavy (non-hydrogen) atoms. The molecule has 0 atom stereocenters. The van der Waals surface area contributed by atoms with Crippen LogP contribution in [0.2, 0.25) is 0 Å². The highest BCUT2D eigenvalue weighted by Crippen LogP contribution is 2.49. The number of aromatic nitrogens is 8. The molecule has 0 aliphatic heterocycles. The zero-order valence-corrected chi connectivity index (χ0v) is 69.9. The lowest BCUT2D eigenvalue weighted by molar-refractivity contribution is -0.696. The molecule has 8 aromatic carbocycles. The van der Waals surface area contributed by atoms with Crippen LogP contribution in [0.25, 0.3) is 11.1 Å². The van der Waals surface area contributed by atoms with Crippen LogP contribution in [0.3, 0.4) is 0 Å². The van der Waals surface area contributed by atoms with Crippen LogP contribution < -0.4 is 18.6 Å². The van der Waals surface area contributed by atoms with Crippen molar-refractivity contribution in [3.05, 3.63) is 345 Å². The summed E-state index contributed by atoms with van der Waals surface area (Å²) in [5.74, 6) is 1.60. The second-order valence-corrected chi connectivity index (χ2v) is 36.5. The summed E-state index contributed by atoms with van der Waals surface area (Å²) in [6, 6.07) is 81.8. The van der Waals surface area contributed by atoms with Crippen molar-refractivity contribution in [1.82, 2.24) is 30.0 Å². The Bertz CT molecular complexity index is 4370. The van der Waals surface area contributed by atoms with Crippen molar-refractivity contribution in [2.75, 3.05) is 39.6 Å². The van der Waals surface area contributed by atoms with Gasteiger partial charge in [-0.05, 0) is 146 Å². The summed E-state index contributed by atoms with van der Waals surface area (Å²) in [6.45, 7) is 46.5. The maximum Gasteiger partial charge on any atom is 0.169 e. The Morgan fingerprint density at radius 1 is 0.259 bits per heavy atom. The average Bonchev–Trinajstić information content (AvgIpc) is 0.839. The number of pyridine rings is 2. The molecule has 4 aromatic heterocycles. The van der Waals surface area contributed by atoms with Gasteiger partial charge in [-0.1, -0.05) is 305 Å². The number of aryl methyl sites for hydroxylation is 4. The van der Waals surface area contributed by atoms with Crippen molar-refractivity contribution < 1.29 is 28.1 Å². The first-order chi connectivity index (χ1) is 53.2. The second kappa shape index (κ2) is 34.1. The Morgan fingerprint density at radius 3 is 0.696 bits per heavy atom. The highest BCUT2D eigenvalue weighted by molar-refractivity contribution is 5.64. The van der Waals surface area contributed by atoms with Gasteiger partial charge in [0.1, 0.15) is 24.7 Å². The third-order valence-corrected chi connectivity index (χ3v) is 22.1. The van der Waals surface area contributed by atoms with Crippen LogP contribution in [0.5, 0.6) is 11.5 Å². The number of nitrogens with zero attached hydrogens (tertiary/aromatic N) is 8. The minimum atomic E-state index is -0.595. The van der Waals surface area contributed by atoms with Crippen LogP contribution >= 0.6 is 0 Å². The van der Waals surface area contributed by atoms with E-state index in [2.05, 4.69) is 398 Å². The van der Waals surface area contributed by atoms with E-state index in [0.29, 0.717) is 52.7 Å². The summed E-state index contributed by atoms with van der Waals surface area (Å²) in [4.78, 5) is 0. The SMILES string of the molecule is CC(C)(C)c1ccc(C(c2ccc(OCCOCCn3cc(CC[n+]4ccc(-c5cc[n+](CCc6cn(CCOCCOc7ccc(C(c8ccc(C(C)(C)C)cc8)(c8ccc(C(C)(C)C)cc8)c8ccc(C(C)(C)C)cc8)cc7)nn6)cc5)cc4)nn3)cc2)(c2ccc(C(C)(C)C)cc2)c2ccc(C(C)(C)C)cc2)cc1. The van der Waals surface area contributed by atoms with Gasteiger partial charge in [-0.25, -0.2) is 18.5 Å². The van der Waals surface area contributed by atoms with Crippen LogP contribution in [0.15, 0.2) is 256 Å². The Labute approximate surface area is 668 Å². The van der Waals surface area contributed by atoms with Crippen LogP contribution in [0, 0.1) is 0 Å². The molecule has 0 aliphatic rings. The fraction of sp³-hybridized carbons (Fsp3) is 0.380.